The summed E-state index contributed by atoms with van der Waals surface area (Å²) < 4.78 is 5.79. The molecule has 0 aliphatic heterocycles. The molecule has 0 amide bonds. The Hall–Kier alpha value is -2.82. The minimum atomic E-state index is -1.05. The van der Waals surface area contributed by atoms with Crippen LogP contribution in [0, 0.1) is 0 Å². The Labute approximate surface area is 158 Å². The summed E-state index contributed by atoms with van der Waals surface area (Å²) in [5.41, 5.74) is 8.59. The van der Waals surface area contributed by atoms with Crippen LogP contribution in [0.3, 0.4) is 0 Å². The van der Waals surface area contributed by atoms with Crippen molar-refractivity contribution in [1.29, 1.82) is 0 Å². The van der Waals surface area contributed by atoms with Gasteiger partial charge in [-0.15, -0.1) is 12.4 Å². The molecule has 26 heavy (non-hydrogen) atoms. The second-order valence-corrected chi connectivity index (χ2v) is 5.79. The molecule has 0 bridgehead atoms. The number of halogens is 1. The fraction of sp³-hybridized carbons (Fsp3) is 0.0952. The zero-order chi connectivity index (χ0) is 17.6. The van der Waals surface area contributed by atoms with Crippen LogP contribution in [0.25, 0.3) is 0 Å². The fourth-order valence-corrected chi connectivity index (χ4v) is 2.53. The quantitative estimate of drug-likeness (QED) is 0.667. The van der Waals surface area contributed by atoms with Crippen molar-refractivity contribution in [2.24, 2.45) is 5.73 Å². The van der Waals surface area contributed by atoms with E-state index in [4.69, 9.17) is 15.6 Å². The molecular formula is C21H20ClNO3. The van der Waals surface area contributed by atoms with Gasteiger partial charge in [-0.05, 0) is 47.4 Å². The number of aliphatic carboxylic acids is 1. The first-order chi connectivity index (χ1) is 12.1. The molecule has 3 aromatic rings. The lowest BCUT2D eigenvalue weighted by Gasteiger charge is -2.10. The second kappa shape index (κ2) is 9.04. The molecule has 0 aromatic heterocycles. The van der Waals surface area contributed by atoms with E-state index in [1.54, 1.807) is 24.3 Å². The summed E-state index contributed by atoms with van der Waals surface area (Å²) in [5, 5.41) is 8.92. The lowest BCUT2D eigenvalue weighted by atomic mass is 10.1. The Kier molecular flexibility index (Phi) is 6.78. The summed E-state index contributed by atoms with van der Waals surface area (Å²) in [5.74, 6) is 0.312. The highest BCUT2D eigenvalue weighted by atomic mass is 35.5. The van der Waals surface area contributed by atoms with Crippen LogP contribution in [0.4, 0.5) is 0 Å². The monoisotopic (exact) mass is 369 g/mol. The summed E-state index contributed by atoms with van der Waals surface area (Å²) in [6.45, 7) is 0. The topological polar surface area (TPSA) is 72.6 Å². The van der Waals surface area contributed by atoms with E-state index in [-0.39, 0.29) is 12.4 Å². The van der Waals surface area contributed by atoms with Gasteiger partial charge in [0.2, 0.25) is 0 Å². The molecule has 134 valence electrons. The number of carboxylic acid groups (broad SMARTS) is 1. The van der Waals surface area contributed by atoms with Crippen molar-refractivity contribution < 1.29 is 14.6 Å². The van der Waals surface area contributed by atoms with Crippen LogP contribution in [0.5, 0.6) is 11.5 Å². The van der Waals surface area contributed by atoms with Crippen LogP contribution < -0.4 is 10.5 Å². The first-order valence-electron chi connectivity index (χ1n) is 8.01. The molecule has 0 heterocycles. The molecular weight excluding hydrogens is 350 g/mol. The minimum Gasteiger partial charge on any atom is -0.480 e. The van der Waals surface area contributed by atoms with Crippen LogP contribution in [-0.2, 0) is 11.2 Å². The predicted octanol–water partition coefficient (Wildman–Crippen LogP) is 4.58. The van der Waals surface area contributed by atoms with Crippen molar-refractivity contribution in [3.63, 3.8) is 0 Å². The smallest absolute Gasteiger partial charge is 0.325 e. The average molecular weight is 370 g/mol. The van der Waals surface area contributed by atoms with Gasteiger partial charge in [-0.3, -0.25) is 4.79 Å². The van der Waals surface area contributed by atoms with Gasteiger partial charge in [-0.2, -0.15) is 0 Å². The number of hydrogen-bond donors (Lipinski definition) is 2. The number of nitrogens with two attached hydrogens (primary N) is 1. The summed E-state index contributed by atoms with van der Waals surface area (Å²) in [6, 6.07) is 24.0. The minimum absolute atomic E-state index is 0. The zero-order valence-electron chi connectivity index (χ0n) is 14.0. The number of rotatable bonds is 6. The highest BCUT2D eigenvalue weighted by molar-refractivity contribution is 5.85. The number of ether oxygens (including phenoxy) is 1. The number of hydrogen-bond acceptors (Lipinski definition) is 3. The van der Waals surface area contributed by atoms with Crippen LogP contribution in [0.2, 0.25) is 0 Å². The Morgan fingerprint density at radius 3 is 1.88 bits per heavy atom. The Morgan fingerprint density at radius 1 is 0.846 bits per heavy atom. The van der Waals surface area contributed by atoms with Gasteiger partial charge in [0.05, 0.1) is 0 Å². The highest BCUT2D eigenvalue weighted by Gasteiger charge is 2.13. The van der Waals surface area contributed by atoms with E-state index >= 15 is 0 Å². The van der Waals surface area contributed by atoms with Crippen molar-refractivity contribution >= 4 is 18.4 Å². The van der Waals surface area contributed by atoms with Crippen molar-refractivity contribution in [3.05, 3.63) is 95.6 Å². The second-order valence-electron chi connectivity index (χ2n) is 5.79. The first kappa shape index (κ1) is 19.5. The molecule has 5 heteroatoms. The van der Waals surface area contributed by atoms with Crippen molar-refractivity contribution in [3.8, 4) is 11.5 Å². The van der Waals surface area contributed by atoms with E-state index in [0.29, 0.717) is 11.3 Å². The average Bonchev–Trinajstić information content (AvgIpc) is 2.64. The molecule has 0 saturated carbocycles. The third-order valence-corrected chi connectivity index (χ3v) is 3.92. The summed E-state index contributed by atoms with van der Waals surface area (Å²) in [4.78, 5) is 10.9. The maximum atomic E-state index is 10.9. The molecule has 0 fully saturated rings. The van der Waals surface area contributed by atoms with Crippen LogP contribution in [0.1, 0.15) is 22.7 Å². The molecule has 3 aromatic carbocycles. The van der Waals surface area contributed by atoms with Gasteiger partial charge < -0.3 is 15.6 Å². The van der Waals surface area contributed by atoms with Gasteiger partial charge in [0, 0.05) is 0 Å². The van der Waals surface area contributed by atoms with Crippen molar-refractivity contribution in [2.45, 2.75) is 12.5 Å². The maximum Gasteiger partial charge on any atom is 0.325 e. The first-order valence-corrected chi connectivity index (χ1v) is 8.01. The fourth-order valence-electron chi connectivity index (χ4n) is 2.53. The molecule has 1 atom stereocenters. The van der Waals surface area contributed by atoms with Gasteiger partial charge in [0.1, 0.15) is 17.5 Å². The van der Waals surface area contributed by atoms with Crippen LogP contribution >= 0.6 is 12.4 Å². The zero-order valence-corrected chi connectivity index (χ0v) is 14.9. The third-order valence-electron chi connectivity index (χ3n) is 3.92. The molecule has 0 radical (unpaired) electrons. The largest absolute Gasteiger partial charge is 0.480 e. The van der Waals surface area contributed by atoms with Gasteiger partial charge in [0.15, 0.2) is 0 Å². The molecule has 0 spiro atoms. The van der Waals surface area contributed by atoms with E-state index < -0.39 is 12.0 Å². The molecule has 0 aliphatic rings. The standard InChI is InChI=1S/C21H19NO3.ClH/c22-20(21(23)24)17-8-12-19(13-9-17)25-18-10-6-16(7-11-18)14-15-4-2-1-3-5-15;/h1-13,20H,14,22H2,(H,23,24);1H/t20-;/m1./s1. The van der Waals surface area contributed by atoms with E-state index in [2.05, 4.69) is 12.1 Å². The SMILES string of the molecule is Cl.N[C@@H](C(=O)O)c1ccc(Oc2ccc(Cc3ccccc3)cc2)cc1. The van der Waals surface area contributed by atoms with Crippen LogP contribution in [0.15, 0.2) is 78.9 Å². The van der Waals surface area contributed by atoms with E-state index in [0.717, 1.165) is 12.2 Å². The number of carboxylic acids is 1. The van der Waals surface area contributed by atoms with E-state index in [9.17, 15) is 4.79 Å². The summed E-state index contributed by atoms with van der Waals surface area (Å²) in [6.07, 6.45) is 0.878. The third kappa shape index (κ3) is 5.09. The highest BCUT2D eigenvalue weighted by Crippen LogP contribution is 2.24. The Balaban J connectivity index is 0.00000243. The van der Waals surface area contributed by atoms with Gasteiger partial charge in [0.25, 0.3) is 0 Å². The van der Waals surface area contributed by atoms with Crippen molar-refractivity contribution in [2.75, 3.05) is 0 Å². The van der Waals surface area contributed by atoms with E-state index in [1.165, 1.54) is 11.1 Å². The summed E-state index contributed by atoms with van der Waals surface area (Å²) >= 11 is 0. The summed E-state index contributed by atoms with van der Waals surface area (Å²) in [7, 11) is 0. The maximum absolute atomic E-state index is 10.9. The molecule has 0 aliphatic carbocycles. The van der Waals surface area contributed by atoms with Gasteiger partial charge in [-0.1, -0.05) is 54.6 Å². The Bertz CT molecular complexity index is 833. The lowest BCUT2D eigenvalue weighted by Crippen LogP contribution is -2.20. The molecule has 0 saturated heterocycles. The predicted molar refractivity (Wildman–Crippen MR) is 104 cm³/mol. The van der Waals surface area contributed by atoms with Gasteiger partial charge in [-0.25, -0.2) is 0 Å². The number of carbonyl (C=O) groups is 1. The van der Waals surface area contributed by atoms with Crippen LogP contribution in [-0.4, -0.2) is 11.1 Å². The lowest BCUT2D eigenvalue weighted by molar-refractivity contribution is -0.138. The molecule has 3 rings (SSSR count). The van der Waals surface area contributed by atoms with E-state index in [1.807, 2.05) is 42.5 Å². The van der Waals surface area contributed by atoms with Crippen molar-refractivity contribution in [1.82, 2.24) is 0 Å². The number of benzene rings is 3. The molecule has 0 unspecified atom stereocenters. The molecule has 4 nitrogen and oxygen atoms in total. The normalized spacial score (nSPS) is 11.3. The van der Waals surface area contributed by atoms with Gasteiger partial charge >= 0.3 is 5.97 Å². The Morgan fingerprint density at radius 2 is 1.35 bits per heavy atom. The molecule has 3 N–H and O–H groups in total.